The molecule has 0 aliphatic carbocycles. The Morgan fingerprint density at radius 2 is 1.68 bits per heavy atom. The van der Waals surface area contributed by atoms with Crippen LogP contribution in [0.2, 0.25) is 0 Å². The molecule has 0 saturated heterocycles. The Balaban J connectivity index is 1.56. The zero-order valence-corrected chi connectivity index (χ0v) is 15.4. The number of para-hydroxylation sites is 1. The van der Waals surface area contributed by atoms with Crippen molar-refractivity contribution in [1.82, 2.24) is 4.98 Å². The predicted octanol–water partition coefficient (Wildman–Crippen LogP) is 5.49. The van der Waals surface area contributed by atoms with Crippen molar-refractivity contribution in [2.24, 2.45) is 0 Å². The fraction of sp³-hybridized carbons (Fsp3) is 0.0833. The van der Waals surface area contributed by atoms with Crippen LogP contribution in [0.4, 0.5) is 0 Å². The minimum Gasteiger partial charge on any atom is -0.488 e. The molecule has 1 N–H and O–H groups in total. The SMILES string of the molecule is Cc1cc(OCc2ccc(-c3ccccc3C(=O)O)cc2)c2ccccc2n1. The Kier molecular flexibility index (Phi) is 4.77. The number of pyridine rings is 1. The van der Waals surface area contributed by atoms with Crippen LogP contribution in [0, 0.1) is 6.92 Å². The number of hydrogen-bond donors (Lipinski definition) is 1. The second kappa shape index (κ2) is 7.53. The maximum Gasteiger partial charge on any atom is 0.336 e. The molecule has 0 bridgehead atoms. The molecule has 0 unspecified atom stereocenters. The van der Waals surface area contributed by atoms with E-state index in [9.17, 15) is 9.90 Å². The first-order valence-electron chi connectivity index (χ1n) is 9.02. The summed E-state index contributed by atoms with van der Waals surface area (Å²) in [4.78, 5) is 16.0. The first-order chi connectivity index (χ1) is 13.6. The van der Waals surface area contributed by atoms with Gasteiger partial charge in [0.2, 0.25) is 0 Å². The van der Waals surface area contributed by atoms with Gasteiger partial charge in [0, 0.05) is 17.1 Å². The van der Waals surface area contributed by atoms with Gasteiger partial charge in [-0.05, 0) is 41.8 Å². The molecule has 1 aromatic heterocycles. The van der Waals surface area contributed by atoms with Crippen LogP contribution in [0.5, 0.6) is 5.75 Å². The highest BCUT2D eigenvalue weighted by Gasteiger charge is 2.11. The van der Waals surface area contributed by atoms with Crippen molar-refractivity contribution < 1.29 is 14.6 Å². The van der Waals surface area contributed by atoms with E-state index >= 15 is 0 Å². The van der Waals surface area contributed by atoms with Crippen LogP contribution < -0.4 is 4.74 Å². The molecule has 3 aromatic carbocycles. The highest BCUT2D eigenvalue weighted by atomic mass is 16.5. The van der Waals surface area contributed by atoms with Gasteiger partial charge >= 0.3 is 5.97 Å². The molecule has 4 aromatic rings. The minimum absolute atomic E-state index is 0.297. The van der Waals surface area contributed by atoms with E-state index in [4.69, 9.17) is 4.74 Å². The summed E-state index contributed by atoms with van der Waals surface area (Å²) in [6.07, 6.45) is 0. The molecule has 138 valence electrons. The zero-order chi connectivity index (χ0) is 19.5. The summed E-state index contributed by atoms with van der Waals surface area (Å²) in [5.74, 6) is -0.119. The van der Waals surface area contributed by atoms with Gasteiger partial charge in [-0.25, -0.2) is 4.79 Å². The average Bonchev–Trinajstić information content (AvgIpc) is 2.72. The van der Waals surface area contributed by atoms with E-state index in [-0.39, 0.29) is 0 Å². The van der Waals surface area contributed by atoms with Crippen molar-refractivity contribution >= 4 is 16.9 Å². The lowest BCUT2D eigenvalue weighted by atomic mass is 9.99. The van der Waals surface area contributed by atoms with Gasteiger partial charge in [-0.1, -0.05) is 54.6 Å². The lowest BCUT2D eigenvalue weighted by molar-refractivity contribution is 0.0697. The number of aromatic carboxylic acids is 1. The average molecular weight is 369 g/mol. The molecule has 4 nitrogen and oxygen atoms in total. The fourth-order valence-corrected chi connectivity index (χ4v) is 3.25. The summed E-state index contributed by atoms with van der Waals surface area (Å²) in [6.45, 7) is 2.38. The second-order valence-corrected chi connectivity index (χ2v) is 6.62. The molecule has 0 fully saturated rings. The van der Waals surface area contributed by atoms with E-state index in [1.807, 2.05) is 73.7 Å². The van der Waals surface area contributed by atoms with Crippen LogP contribution in [-0.2, 0) is 6.61 Å². The second-order valence-electron chi connectivity index (χ2n) is 6.62. The number of rotatable bonds is 5. The van der Waals surface area contributed by atoms with Crippen molar-refractivity contribution in [3.8, 4) is 16.9 Å². The van der Waals surface area contributed by atoms with Crippen molar-refractivity contribution in [2.45, 2.75) is 13.5 Å². The standard InChI is InChI=1S/C24H19NO3/c1-16-14-23(21-8-4-5-9-22(21)25-16)28-15-17-10-12-18(13-11-17)19-6-2-3-7-20(19)24(26)27/h2-14H,15H2,1H3,(H,26,27). The molecule has 1 heterocycles. The molecule has 4 rings (SSSR count). The molecular weight excluding hydrogens is 350 g/mol. The number of carboxylic acid groups (broad SMARTS) is 1. The Morgan fingerprint density at radius 1 is 0.964 bits per heavy atom. The predicted molar refractivity (Wildman–Crippen MR) is 110 cm³/mol. The van der Waals surface area contributed by atoms with Gasteiger partial charge in [0.15, 0.2) is 0 Å². The largest absolute Gasteiger partial charge is 0.488 e. The first kappa shape index (κ1) is 17.7. The molecule has 0 spiro atoms. The highest BCUT2D eigenvalue weighted by molar-refractivity contribution is 5.96. The van der Waals surface area contributed by atoms with Crippen LogP contribution in [-0.4, -0.2) is 16.1 Å². The Morgan fingerprint density at radius 3 is 2.46 bits per heavy atom. The number of aromatic nitrogens is 1. The smallest absolute Gasteiger partial charge is 0.336 e. The lowest BCUT2D eigenvalue weighted by Crippen LogP contribution is -2.00. The number of ether oxygens (including phenoxy) is 1. The number of benzene rings is 3. The van der Waals surface area contributed by atoms with Gasteiger partial charge in [0.1, 0.15) is 12.4 Å². The van der Waals surface area contributed by atoms with E-state index in [0.717, 1.165) is 33.5 Å². The van der Waals surface area contributed by atoms with Crippen molar-refractivity contribution in [1.29, 1.82) is 0 Å². The molecule has 0 amide bonds. The highest BCUT2D eigenvalue weighted by Crippen LogP contribution is 2.27. The Bertz CT molecular complexity index is 1150. The topological polar surface area (TPSA) is 59.4 Å². The maximum atomic E-state index is 11.4. The molecule has 0 aliphatic heterocycles. The minimum atomic E-state index is -0.928. The molecule has 28 heavy (non-hydrogen) atoms. The number of hydrogen-bond acceptors (Lipinski definition) is 3. The molecular formula is C24H19NO3. The molecule has 4 heteroatoms. The number of carbonyl (C=O) groups is 1. The monoisotopic (exact) mass is 369 g/mol. The fourth-order valence-electron chi connectivity index (χ4n) is 3.25. The summed E-state index contributed by atoms with van der Waals surface area (Å²) < 4.78 is 6.06. The zero-order valence-electron chi connectivity index (χ0n) is 15.4. The third kappa shape index (κ3) is 3.58. The van der Waals surface area contributed by atoms with Crippen molar-refractivity contribution in [2.75, 3.05) is 0 Å². The van der Waals surface area contributed by atoms with Crippen LogP contribution in [0.25, 0.3) is 22.0 Å². The van der Waals surface area contributed by atoms with Crippen LogP contribution in [0.3, 0.4) is 0 Å². The Labute approximate surface area is 163 Å². The molecule has 0 aliphatic rings. The summed E-state index contributed by atoms with van der Waals surface area (Å²) in [5.41, 5.74) is 4.71. The number of fused-ring (bicyclic) bond motifs is 1. The first-order valence-corrected chi connectivity index (χ1v) is 9.02. The van der Waals surface area contributed by atoms with Gasteiger partial charge in [-0.3, -0.25) is 4.98 Å². The number of aryl methyl sites for hydroxylation is 1. The third-order valence-electron chi connectivity index (χ3n) is 4.62. The summed E-state index contributed by atoms with van der Waals surface area (Å²) in [7, 11) is 0. The van der Waals surface area contributed by atoms with E-state index in [0.29, 0.717) is 17.7 Å². The molecule has 0 saturated carbocycles. The van der Waals surface area contributed by atoms with E-state index in [1.54, 1.807) is 12.1 Å². The quantitative estimate of drug-likeness (QED) is 0.505. The van der Waals surface area contributed by atoms with Crippen LogP contribution in [0.1, 0.15) is 21.6 Å². The molecule has 0 atom stereocenters. The van der Waals surface area contributed by atoms with Crippen molar-refractivity contribution in [3.63, 3.8) is 0 Å². The van der Waals surface area contributed by atoms with Crippen LogP contribution >= 0.6 is 0 Å². The van der Waals surface area contributed by atoms with Gasteiger partial charge in [0.25, 0.3) is 0 Å². The van der Waals surface area contributed by atoms with Gasteiger partial charge in [-0.15, -0.1) is 0 Å². The van der Waals surface area contributed by atoms with E-state index < -0.39 is 5.97 Å². The van der Waals surface area contributed by atoms with Crippen molar-refractivity contribution in [3.05, 3.63) is 95.7 Å². The summed E-state index contributed by atoms with van der Waals surface area (Å²) in [6, 6.07) is 24.7. The third-order valence-corrected chi connectivity index (χ3v) is 4.62. The normalized spacial score (nSPS) is 10.8. The van der Waals surface area contributed by atoms with Gasteiger partial charge < -0.3 is 9.84 Å². The van der Waals surface area contributed by atoms with E-state index in [1.165, 1.54) is 0 Å². The number of nitrogens with zero attached hydrogens (tertiary/aromatic N) is 1. The number of carboxylic acids is 1. The lowest BCUT2D eigenvalue weighted by Gasteiger charge is -2.11. The Hall–Kier alpha value is -3.66. The maximum absolute atomic E-state index is 11.4. The van der Waals surface area contributed by atoms with Gasteiger partial charge in [-0.2, -0.15) is 0 Å². The summed E-state index contributed by atoms with van der Waals surface area (Å²) in [5, 5.41) is 10.4. The van der Waals surface area contributed by atoms with Crippen LogP contribution in [0.15, 0.2) is 78.9 Å². The summed E-state index contributed by atoms with van der Waals surface area (Å²) >= 11 is 0. The van der Waals surface area contributed by atoms with E-state index in [2.05, 4.69) is 4.98 Å². The molecule has 0 radical (unpaired) electrons. The van der Waals surface area contributed by atoms with Gasteiger partial charge in [0.05, 0.1) is 11.1 Å².